The Morgan fingerprint density at radius 1 is 1.04 bits per heavy atom. The number of aromatic nitrogens is 2. The van der Waals surface area contributed by atoms with Crippen molar-refractivity contribution in [1.82, 2.24) is 9.78 Å². The molecule has 1 aromatic heterocycles. The Balaban J connectivity index is 0.00000117. The van der Waals surface area contributed by atoms with Crippen molar-refractivity contribution in [2.45, 2.75) is 65.9 Å². The minimum absolute atomic E-state index is 0.335. The lowest BCUT2D eigenvalue weighted by atomic mass is 9.82. The Hall–Kier alpha value is -1.63. The van der Waals surface area contributed by atoms with E-state index in [0.717, 1.165) is 5.46 Å². The van der Waals surface area contributed by atoms with Crippen molar-refractivity contribution < 1.29 is 14.0 Å². The molecule has 1 saturated heterocycles. The van der Waals surface area contributed by atoms with Crippen LogP contribution in [0.5, 0.6) is 0 Å². The van der Waals surface area contributed by atoms with E-state index >= 15 is 0 Å². The van der Waals surface area contributed by atoms with Gasteiger partial charge in [-0.3, -0.25) is 4.68 Å². The first-order valence-electron chi connectivity index (χ1n) is 9.37. The van der Waals surface area contributed by atoms with Gasteiger partial charge in [-0.05, 0) is 33.3 Å². The topological polar surface area (TPSA) is 45.5 Å². The number of hydrogen-bond donors (Lipinski definition) is 0. The third-order valence-electron chi connectivity index (χ3n) is 4.75. The van der Waals surface area contributed by atoms with E-state index in [1.807, 2.05) is 42.9 Å². The van der Waals surface area contributed by atoms with E-state index in [9.17, 15) is 0 Å². The average Bonchev–Trinajstić information content (AvgIpc) is 3.17. The van der Waals surface area contributed by atoms with Crippen molar-refractivity contribution in [2.75, 3.05) is 6.61 Å². The van der Waals surface area contributed by atoms with Gasteiger partial charge in [0.25, 0.3) is 0 Å². The number of hydrogen-bond acceptors (Lipinski definition) is 4. The summed E-state index contributed by atoms with van der Waals surface area (Å²) in [7, 11) is -0.367. The van der Waals surface area contributed by atoms with Crippen LogP contribution in [-0.2, 0) is 27.2 Å². The van der Waals surface area contributed by atoms with Crippen molar-refractivity contribution in [3.05, 3.63) is 48.3 Å². The van der Waals surface area contributed by atoms with Crippen LogP contribution in [0.15, 0.2) is 42.7 Å². The monoisotopic (exact) mass is 358 g/mol. The van der Waals surface area contributed by atoms with Crippen LogP contribution in [0.2, 0.25) is 0 Å². The van der Waals surface area contributed by atoms with Crippen LogP contribution in [0, 0.1) is 0 Å². The van der Waals surface area contributed by atoms with Gasteiger partial charge in [0.1, 0.15) is 0 Å². The Morgan fingerprint density at radius 2 is 1.65 bits per heavy atom. The van der Waals surface area contributed by atoms with Gasteiger partial charge in [0.15, 0.2) is 0 Å². The zero-order valence-electron chi connectivity index (χ0n) is 16.9. The molecule has 26 heavy (non-hydrogen) atoms. The van der Waals surface area contributed by atoms with E-state index < -0.39 is 0 Å². The quantitative estimate of drug-likeness (QED) is 0.586. The second-order valence-corrected chi connectivity index (χ2v) is 7.16. The van der Waals surface area contributed by atoms with Crippen molar-refractivity contribution in [2.24, 2.45) is 0 Å². The minimum Gasteiger partial charge on any atom is -0.399 e. The molecule has 0 unspecified atom stereocenters. The summed E-state index contributed by atoms with van der Waals surface area (Å²) in [6, 6.07) is 10.2. The van der Waals surface area contributed by atoms with Gasteiger partial charge in [-0.15, -0.1) is 0 Å². The average molecular weight is 358 g/mol. The number of ether oxygens (including phenoxy) is 1. The first-order valence-corrected chi connectivity index (χ1v) is 9.37. The van der Waals surface area contributed by atoms with E-state index in [4.69, 9.17) is 14.0 Å². The lowest BCUT2D eigenvalue weighted by Gasteiger charge is -2.32. The molecule has 0 atom stereocenters. The van der Waals surface area contributed by atoms with E-state index in [2.05, 4.69) is 44.9 Å². The molecule has 1 aliphatic rings. The van der Waals surface area contributed by atoms with Gasteiger partial charge in [0, 0.05) is 17.9 Å². The largest absolute Gasteiger partial charge is 0.498 e. The van der Waals surface area contributed by atoms with Crippen LogP contribution < -0.4 is 5.46 Å². The van der Waals surface area contributed by atoms with Gasteiger partial charge in [0.05, 0.1) is 31.0 Å². The second-order valence-electron chi connectivity index (χ2n) is 7.16. The van der Waals surface area contributed by atoms with Crippen LogP contribution in [-0.4, -0.2) is 34.7 Å². The zero-order valence-corrected chi connectivity index (χ0v) is 16.9. The maximum Gasteiger partial charge on any atom is 0.498 e. The normalized spacial score (nSPS) is 17.7. The molecule has 1 aliphatic heterocycles. The maximum absolute atomic E-state index is 6.04. The standard InChI is InChI=1S/C18H25BN2O3.C2H6/c1-17(2)18(3,4)24-19(23-17)16-12-20-21(13-16)10-11-22-14-15-8-6-5-7-9-15;1-2/h5-9,12-13H,10-11,14H2,1-4H3;1-2H3. The SMILES string of the molecule is CC.CC1(C)OB(c2cnn(CCOCc3ccccc3)c2)OC1(C)C. The molecule has 0 amide bonds. The van der Waals surface area contributed by atoms with E-state index in [-0.39, 0.29) is 18.3 Å². The smallest absolute Gasteiger partial charge is 0.399 e. The molecule has 5 nitrogen and oxygen atoms in total. The van der Waals surface area contributed by atoms with Crippen LogP contribution >= 0.6 is 0 Å². The van der Waals surface area contributed by atoms with Crippen LogP contribution in [0.4, 0.5) is 0 Å². The number of rotatable bonds is 6. The summed E-state index contributed by atoms with van der Waals surface area (Å²) in [4.78, 5) is 0. The Bertz CT molecular complexity index is 655. The van der Waals surface area contributed by atoms with Gasteiger partial charge >= 0.3 is 7.12 Å². The molecule has 0 spiro atoms. The third-order valence-corrected chi connectivity index (χ3v) is 4.75. The van der Waals surface area contributed by atoms with Crippen LogP contribution in [0.1, 0.15) is 47.1 Å². The zero-order chi connectivity index (χ0) is 19.2. The fourth-order valence-corrected chi connectivity index (χ4v) is 2.53. The summed E-state index contributed by atoms with van der Waals surface area (Å²) in [5.74, 6) is 0. The first-order chi connectivity index (χ1) is 12.4. The lowest BCUT2D eigenvalue weighted by molar-refractivity contribution is 0.00578. The minimum atomic E-state index is -0.367. The fourth-order valence-electron chi connectivity index (χ4n) is 2.53. The molecule has 142 valence electrons. The van der Waals surface area contributed by atoms with Gasteiger partial charge in [-0.1, -0.05) is 44.2 Å². The molecule has 3 rings (SSSR count). The van der Waals surface area contributed by atoms with Gasteiger partial charge in [-0.2, -0.15) is 5.10 Å². The third kappa shape index (κ3) is 4.97. The molecule has 2 aromatic rings. The molecule has 2 heterocycles. The van der Waals surface area contributed by atoms with Gasteiger partial charge < -0.3 is 14.0 Å². The molecule has 0 radical (unpaired) electrons. The van der Waals surface area contributed by atoms with Crippen LogP contribution in [0.3, 0.4) is 0 Å². The van der Waals surface area contributed by atoms with Gasteiger partial charge in [0.2, 0.25) is 0 Å². The highest BCUT2D eigenvalue weighted by Gasteiger charge is 2.52. The van der Waals surface area contributed by atoms with E-state index in [1.165, 1.54) is 5.56 Å². The molecular formula is C20H31BN2O3. The van der Waals surface area contributed by atoms with Crippen molar-refractivity contribution in [3.8, 4) is 0 Å². The predicted molar refractivity (Wildman–Crippen MR) is 105 cm³/mol. The van der Waals surface area contributed by atoms with E-state index in [1.54, 1.807) is 6.20 Å². The first kappa shape index (κ1) is 20.7. The summed E-state index contributed by atoms with van der Waals surface area (Å²) >= 11 is 0. The second kappa shape index (κ2) is 8.84. The molecule has 0 N–H and O–H groups in total. The highest BCUT2D eigenvalue weighted by atomic mass is 16.7. The van der Waals surface area contributed by atoms with Crippen molar-refractivity contribution >= 4 is 12.6 Å². The van der Waals surface area contributed by atoms with E-state index in [0.29, 0.717) is 19.8 Å². The Morgan fingerprint density at radius 3 is 2.27 bits per heavy atom. The highest BCUT2D eigenvalue weighted by Crippen LogP contribution is 2.36. The number of benzene rings is 1. The van der Waals surface area contributed by atoms with Crippen molar-refractivity contribution in [3.63, 3.8) is 0 Å². The predicted octanol–water partition coefficient (Wildman–Crippen LogP) is 3.43. The maximum atomic E-state index is 6.04. The summed E-state index contributed by atoms with van der Waals surface area (Å²) in [6.45, 7) is 14.1. The van der Waals surface area contributed by atoms with Gasteiger partial charge in [-0.25, -0.2) is 0 Å². The summed E-state index contributed by atoms with van der Waals surface area (Å²) < 4.78 is 19.6. The summed E-state index contributed by atoms with van der Waals surface area (Å²) in [5, 5.41) is 4.38. The molecule has 0 saturated carbocycles. The fraction of sp³-hybridized carbons (Fsp3) is 0.550. The van der Waals surface area contributed by atoms with Crippen LogP contribution in [0.25, 0.3) is 0 Å². The Kier molecular flexibility index (Phi) is 7.04. The molecule has 0 aliphatic carbocycles. The van der Waals surface area contributed by atoms with Crippen molar-refractivity contribution in [1.29, 1.82) is 0 Å². The lowest BCUT2D eigenvalue weighted by Crippen LogP contribution is -2.41. The molecule has 1 fully saturated rings. The summed E-state index contributed by atoms with van der Waals surface area (Å²) in [5.41, 5.74) is 1.45. The number of nitrogens with zero attached hydrogens (tertiary/aromatic N) is 2. The molecule has 0 bridgehead atoms. The highest BCUT2D eigenvalue weighted by molar-refractivity contribution is 6.61. The Labute approximate surface area is 157 Å². The molecule has 1 aromatic carbocycles. The summed E-state index contributed by atoms with van der Waals surface area (Å²) in [6.07, 6.45) is 3.77. The molecule has 6 heteroatoms. The molecular weight excluding hydrogens is 327 g/mol.